The molecule has 1 heterocycles. The first-order chi connectivity index (χ1) is 9.94. The number of carbonyl (C=O) groups is 1. The highest BCUT2D eigenvalue weighted by atomic mass is 32.2. The summed E-state index contributed by atoms with van der Waals surface area (Å²) in [5, 5.41) is 0. The quantitative estimate of drug-likeness (QED) is 0.663. The van der Waals surface area contributed by atoms with Crippen LogP contribution in [0.1, 0.15) is 23.7 Å². The summed E-state index contributed by atoms with van der Waals surface area (Å²) in [7, 11) is -2.98. The van der Waals surface area contributed by atoms with Crippen LogP contribution in [0, 0.1) is 0 Å². The number of hydrogen-bond acceptors (Lipinski definition) is 6. The molecule has 2 rings (SSSR count). The van der Waals surface area contributed by atoms with Gasteiger partial charge in [-0.05, 0) is 25.5 Å². The van der Waals surface area contributed by atoms with Gasteiger partial charge in [0, 0.05) is 13.1 Å². The van der Waals surface area contributed by atoms with Gasteiger partial charge in [0.15, 0.2) is 9.84 Å². The summed E-state index contributed by atoms with van der Waals surface area (Å²) < 4.78 is 28.3. The predicted molar refractivity (Wildman–Crippen MR) is 82.3 cm³/mol. The van der Waals surface area contributed by atoms with Crippen LogP contribution in [0.15, 0.2) is 18.2 Å². The lowest BCUT2D eigenvalue weighted by molar-refractivity contribution is 0.0527. The molecule has 0 aliphatic carbocycles. The molecule has 2 N–H and O–H groups in total. The van der Waals surface area contributed by atoms with E-state index in [2.05, 4.69) is 0 Å². The van der Waals surface area contributed by atoms with E-state index in [9.17, 15) is 13.2 Å². The number of benzene rings is 1. The van der Waals surface area contributed by atoms with E-state index in [1.165, 1.54) is 0 Å². The molecule has 1 aliphatic heterocycles. The van der Waals surface area contributed by atoms with Crippen molar-refractivity contribution in [1.82, 2.24) is 0 Å². The highest BCUT2D eigenvalue weighted by Crippen LogP contribution is 2.28. The molecule has 21 heavy (non-hydrogen) atoms. The zero-order valence-corrected chi connectivity index (χ0v) is 12.9. The molecule has 1 aromatic rings. The molecule has 116 valence electrons. The molecule has 1 aromatic carbocycles. The number of para-hydroxylation sites is 1. The molecular weight excluding hydrogens is 292 g/mol. The molecule has 1 aliphatic rings. The van der Waals surface area contributed by atoms with Crippen LogP contribution >= 0.6 is 0 Å². The van der Waals surface area contributed by atoms with Gasteiger partial charge in [0.1, 0.15) is 0 Å². The van der Waals surface area contributed by atoms with Crippen molar-refractivity contribution < 1.29 is 17.9 Å². The maximum Gasteiger partial charge on any atom is 0.340 e. The molecule has 1 saturated heterocycles. The lowest BCUT2D eigenvalue weighted by Gasteiger charge is -2.24. The minimum atomic E-state index is -2.98. The second-order valence-corrected chi connectivity index (χ2v) is 7.25. The largest absolute Gasteiger partial charge is 0.462 e. The van der Waals surface area contributed by atoms with Crippen molar-refractivity contribution in [2.24, 2.45) is 0 Å². The van der Waals surface area contributed by atoms with Gasteiger partial charge in [-0.2, -0.15) is 0 Å². The Kier molecular flexibility index (Phi) is 4.72. The van der Waals surface area contributed by atoms with Gasteiger partial charge in [-0.25, -0.2) is 13.2 Å². The van der Waals surface area contributed by atoms with E-state index in [0.717, 1.165) is 0 Å². The monoisotopic (exact) mass is 312 g/mol. The first-order valence-corrected chi connectivity index (χ1v) is 8.77. The highest BCUT2D eigenvalue weighted by molar-refractivity contribution is 7.91. The lowest BCUT2D eigenvalue weighted by Crippen LogP contribution is -2.28. The fraction of sp³-hybridized carbons (Fsp3) is 0.500. The highest BCUT2D eigenvalue weighted by Gasteiger charge is 2.22. The Morgan fingerprint density at radius 3 is 2.81 bits per heavy atom. The van der Waals surface area contributed by atoms with Crippen LogP contribution in [0.5, 0.6) is 0 Å². The summed E-state index contributed by atoms with van der Waals surface area (Å²) in [4.78, 5) is 13.8. The Balaban J connectivity index is 2.28. The lowest BCUT2D eigenvalue weighted by atomic mass is 10.1. The van der Waals surface area contributed by atoms with Gasteiger partial charge >= 0.3 is 5.97 Å². The summed E-state index contributed by atoms with van der Waals surface area (Å²) in [6.45, 7) is 3.01. The van der Waals surface area contributed by atoms with Crippen LogP contribution in [0.25, 0.3) is 0 Å². The molecule has 0 unspecified atom stereocenters. The molecule has 1 fully saturated rings. The fourth-order valence-corrected chi connectivity index (χ4v) is 3.67. The molecule has 0 saturated carbocycles. The number of carbonyl (C=O) groups excluding carboxylic acids is 1. The molecule has 0 spiro atoms. The van der Waals surface area contributed by atoms with Gasteiger partial charge in [0.05, 0.1) is 35.1 Å². The van der Waals surface area contributed by atoms with E-state index in [1.54, 1.807) is 25.1 Å². The SMILES string of the molecule is CCOC(=O)c1cccc(N2CCCS(=O)(=O)CC2)c1N. The topological polar surface area (TPSA) is 89.7 Å². The van der Waals surface area contributed by atoms with Crippen molar-refractivity contribution in [1.29, 1.82) is 0 Å². The van der Waals surface area contributed by atoms with Crippen molar-refractivity contribution in [2.75, 3.05) is 41.8 Å². The van der Waals surface area contributed by atoms with E-state index >= 15 is 0 Å². The van der Waals surface area contributed by atoms with E-state index in [4.69, 9.17) is 10.5 Å². The summed E-state index contributed by atoms with van der Waals surface area (Å²) >= 11 is 0. The third kappa shape index (κ3) is 3.66. The number of hydrogen-bond donors (Lipinski definition) is 1. The van der Waals surface area contributed by atoms with Crippen LogP contribution in [-0.2, 0) is 14.6 Å². The zero-order chi connectivity index (χ0) is 15.5. The van der Waals surface area contributed by atoms with E-state index in [0.29, 0.717) is 36.4 Å². The third-order valence-corrected chi connectivity index (χ3v) is 5.19. The average Bonchev–Trinajstić information content (AvgIpc) is 2.60. The molecular formula is C14H20N2O4S. The van der Waals surface area contributed by atoms with Gasteiger partial charge in [-0.3, -0.25) is 0 Å². The zero-order valence-electron chi connectivity index (χ0n) is 12.0. The summed E-state index contributed by atoms with van der Waals surface area (Å²) in [6, 6.07) is 5.15. The molecule has 0 bridgehead atoms. The maximum atomic E-state index is 11.9. The molecule has 7 heteroatoms. The fourth-order valence-electron chi connectivity index (χ4n) is 2.39. The van der Waals surface area contributed by atoms with Crippen molar-refractivity contribution >= 4 is 27.2 Å². The summed E-state index contributed by atoms with van der Waals surface area (Å²) in [5.41, 5.74) is 7.43. The van der Waals surface area contributed by atoms with Crippen molar-refractivity contribution in [3.05, 3.63) is 23.8 Å². The molecule has 0 radical (unpaired) electrons. The average molecular weight is 312 g/mol. The van der Waals surface area contributed by atoms with E-state index in [1.807, 2.05) is 4.90 Å². The molecule has 6 nitrogen and oxygen atoms in total. The standard InChI is InChI=1S/C14H20N2O4S/c1-2-20-14(17)11-5-3-6-12(13(11)15)16-7-4-9-21(18,19)10-8-16/h3,5-6H,2,4,7-10,15H2,1H3. The van der Waals surface area contributed by atoms with Crippen LogP contribution in [0.4, 0.5) is 11.4 Å². The molecule has 0 atom stereocenters. The predicted octanol–water partition coefficient (Wildman–Crippen LogP) is 1.07. The number of ether oxygens (including phenoxy) is 1. The van der Waals surface area contributed by atoms with Gasteiger partial charge in [0.2, 0.25) is 0 Å². The third-order valence-electron chi connectivity index (χ3n) is 3.47. The Labute approximate surface area is 124 Å². The van der Waals surface area contributed by atoms with Crippen LogP contribution in [0.2, 0.25) is 0 Å². The van der Waals surface area contributed by atoms with Gasteiger partial charge in [-0.1, -0.05) is 6.07 Å². The number of rotatable bonds is 3. The van der Waals surface area contributed by atoms with Crippen LogP contribution in [-0.4, -0.2) is 45.6 Å². The number of sulfone groups is 1. The first-order valence-electron chi connectivity index (χ1n) is 6.95. The Bertz CT molecular complexity index is 628. The summed E-state index contributed by atoms with van der Waals surface area (Å²) in [5.74, 6) is -0.156. The maximum absolute atomic E-state index is 11.9. The number of nitrogens with two attached hydrogens (primary N) is 1. The van der Waals surface area contributed by atoms with Gasteiger partial charge in [-0.15, -0.1) is 0 Å². The second kappa shape index (κ2) is 6.34. The first kappa shape index (κ1) is 15.6. The van der Waals surface area contributed by atoms with E-state index < -0.39 is 15.8 Å². The minimum absolute atomic E-state index is 0.107. The Hall–Kier alpha value is -1.76. The number of esters is 1. The van der Waals surface area contributed by atoms with Crippen molar-refractivity contribution in [3.63, 3.8) is 0 Å². The second-order valence-electron chi connectivity index (χ2n) is 4.95. The van der Waals surface area contributed by atoms with Gasteiger partial charge in [0.25, 0.3) is 0 Å². The molecule has 0 aromatic heterocycles. The Morgan fingerprint density at radius 1 is 1.33 bits per heavy atom. The van der Waals surface area contributed by atoms with Crippen molar-refractivity contribution in [3.8, 4) is 0 Å². The molecule has 0 amide bonds. The number of nitrogen functional groups attached to an aromatic ring is 1. The minimum Gasteiger partial charge on any atom is -0.462 e. The van der Waals surface area contributed by atoms with Crippen LogP contribution < -0.4 is 10.6 Å². The Morgan fingerprint density at radius 2 is 2.10 bits per heavy atom. The number of anilines is 2. The van der Waals surface area contributed by atoms with Crippen LogP contribution in [0.3, 0.4) is 0 Å². The normalized spacial score (nSPS) is 18.0. The van der Waals surface area contributed by atoms with Gasteiger partial charge < -0.3 is 15.4 Å². The van der Waals surface area contributed by atoms with E-state index in [-0.39, 0.29) is 18.1 Å². The number of nitrogens with zero attached hydrogens (tertiary/aromatic N) is 1. The summed E-state index contributed by atoms with van der Waals surface area (Å²) in [6.07, 6.45) is 0.561. The smallest absolute Gasteiger partial charge is 0.340 e. The van der Waals surface area contributed by atoms with Crippen molar-refractivity contribution in [2.45, 2.75) is 13.3 Å².